The molecule has 0 amide bonds. The molecule has 182 valence electrons. The lowest BCUT2D eigenvalue weighted by Crippen LogP contribution is -2.25. The number of thioether (sulfide) groups is 1. The zero-order valence-corrected chi connectivity index (χ0v) is 20.2. The zero-order valence-electron chi connectivity index (χ0n) is 18.5. The van der Waals surface area contributed by atoms with Crippen molar-refractivity contribution in [2.24, 2.45) is 0 Å². The van der Waals surface area contributed by atoms with Crippen LogP contribution in [0.5, 0.6) is 0 Å². The summed E-state index contributed by atoms with van der Waals surface area (Å²) in [7, 11) is -4.23. The Morgan fingerprint density at radius 3 is 2.34 bits per heavy atom. The molecule has 35 heavy (non-hydrogen) atoms. The fourth-order valence-corrected chi connectivity index (χ4v) is 5.22. The average Bonchev–Trinajstić information content (AvgIpc) is 3.25. The fraction of sp³-hybridized carbons (Fsp3) is 0.167. The number of aryl methyl sites for hydroxylation is 1. The maximum atomic E-state index is 13.0. The van der Waals surface area contributed by atoms with Crippen molar-refractivity contribution < 1.29 is 21.6 Å². The van der Waals surface area contributed by atoms with Crippen molar-refractivity contribution in [2.75, 3.05) is 0 Å². The average molecular weight is 519 g/mol. The number of sulfonamides is 1. The second-order valence-electron chi connectivity index (χ2n) is 7.69. The molecule has 0 radical (unpaired) electrons. The molecular formula is C24H21F3N4O2S2. The molecule has 0 spiro atoms. The van der Waals surface area contributed by atoms with Gasteiger partial charge < -0.3 is 0 Å². The molecule has 6 nitrogen and oxygen atoms in total. The van der Waals surface area contributed by atoms with Gasteiger partial charge in [0.2, 0.25) is 10.0 Å². The monoisotopic (exact) mass is 518 g/mol. The van der Waals surface area contributed by atoms with E-state index >= 15 is 0 Å². The predicted molar refractivity (Wildman–Crippen MR) is 128 cm³/mol. The number of aromatic nitrogens is 3. The lowest BCUT2D eigenvalue weighted by Gasteiger charge is -2.12. The quantitative estimate of drug-likeness (QED) is 0.318. The van der Waals surface area contributed by atoms with Gasteiger partial charge in [-0.15, -0.1) is 10.2 Å². The van der Waals surface area contributed by atoms with Gasteiger partial charge in [0.1, 0.15) is 0 Å². The molecule has 11 heteroatoms. The van der Waals surface area contributed by atoms with Gasteiger partial charge in [0.05, 0.1) is 17.0 Å². The maximum absolute atomic E-state index is 13.0. The van der Waals surface area contributed by atoms with Gasteiger partial charge in [0.25, 0.3) is 0 Å². The largest absolute Gasteiger partial charge is 0.416 e. The highest BCUT2D eigenvalue weighted by atomic mass is 32.2. The van der Waals surface area contributed by atoms with Gasteiger partial charge >= 0.3 is 6.18 Å². The van der Waals surface area contributed by atoms with E-state index in [0.717, 1.165) is 35.0 Å². The Labute approximate surface area is 205 Å². The third-order valence-electron chi connectivity index (χ3n) is 5.10. The Balaban J connectivity index is 1.60. The minimum absolute atomic E-state index is 0.259. The molecule has 0 atom stereocenters. The van der Waals surface area contributed by atoms with Crippen LogP contribution in [0.3, 0.4) is 0 Å². The summed E-state index contributed by atoms with van der Waals surface area (Å²) >= 11 is 1.44. The van der Waals surface area contributed by atoms with Crippen LogP contribution in [0.25, 0.3) is 5.69 Å². The Morgan fingerprint density at radius 1 is 0.943 bits per heavy atom. The van der Waals surface area contributed by atoms with Crippen LogP contribution < -0.4 is 4.72 Å². The van der Waals surface area contributed by atoms with Gasteiger partial charge in [-0.05, 0) is 42.8 Å². The SMILES string of the molecule is Cc1ccc(-n2c(CNS(=O)(=O)c3cccc(C(F)(F)F)c3)nnc2SCc2ccccc2)cc1. The first-order valence-electron chi connectivity index (χ1n) is 10.5. The Morgan fingerprint density at radius 2 is 1.66 bits per heavy atom. The van der Waals surface area contributed by atoms with Crippen molar-refractivity contribution in [3.05, 3.63) is 101 Å². The van der Waals surface area contributed by atoms with E-state index in [2.05, 4.69) is 14.9 Å². The summed E-state index contributed by atoms with van der Waals surface area (Å²) in [5.74, 6) is 0.931. The number of benzene rings is 3. The summed E-state index contributed by atoms with van der Waals surface area (Å²) in [5.41, 5.74) is 1.84. The third-order valence-corrected chi connectivity index (χ3v) is 7.49. The lowest BCUT2D eigenvalue weighted by atomic mass is 10.2. The van der Waals surface area contributed by atoms with Crippen LogP contribution in [0.15, 0.2) is 88.9 Å². The van der Waals surface area contributed by atoms with Crippen LogP contribution in [0.4, 0.5) is 13.2 Å². The number of nitrogens with zero attached hydrogens (tertiary/aromatic N) is 3. The molecule has 0 saturated heterocycles. The summed E-state index contributed by atoms with van der Waals surface area (Å²) in [6, 6.07) is 21.0. The number of nitrogens with one attached hydrogen (secondary N) is 1. The molecule has 0 saturated carbocycles. The minimum atomic E-state index is -4.65. The van der Waals surface area contributed by atoms with Crippen LogP contribution in [0.2, 0.25) is 0 Å². The number of rotatable bonds is 8. The number of alkyl halides is 3. The molecule has 0 aliphatic heterocycles. The van der Waals surface area contributed by atoms with E-state index in [0.29, 0.717) is 22.8 Å². The molecule has 1 aromatic heterocycles. The van der Waals surface area contributed by atoms with E-state index in [1.807, 2.05) is 61.5 Å². The Hall–Kier alpha value is -3.15. The standard InChI is InChI=1S/C24H21F3N4O2S2/c1-17-10-12-20(13-11-17)31-22(29-30-23(31)34-16-18-6-3-2-4-7-18)15-28-35(32,33)21-9-5-8-19(14-21)24(25,26)27/h2-14,28H,15-16H2,1H3. The van der Waals surface area contributed by atoms with Gasteiger partial charge in [-0.3, -0.25) is 4.57 Å². The summed E-state index contributed by atoms with van der Waals surface area (Å²) < 4.78 is 68.7. The predicted octanol–water partition coefficient (Wildman–Crippen LogP) is 5.37. The summed E-state index contributed by atoms with van der Waals surface area (Å²) in [6.45, 7) is 1.69. The molecule has 4 aromatic rings. The normalized spacial score (nSPS) is 12.1. The highest BCUT2D eigenvalue weighted by Crippen LogP contribution is 2.30. The summed E-state index contributed by atoms with van der Waals surface area (Å²) in [6.07, 6.45) is -4.65. The van der Waals surface area contributed by atoms with Gasteiger partial charge in [-0.1, -0.05) is 65.9 Å². The highest BCUT2D eigenvalue weighted by molar-refractivity contribution is 7.98. The highest BCUT2D eigenvalue weighted by Gasteiger charge is 2.31. The summed E-state index contributed by atoms with van der Waals surface area (Å²) in [4.78, 5) is -0.479. The fourth-order valence-electron chi connectivity index (χ4n) is 3.27. The van der Waals surface area contributed by atoms with E-state index in [9.17, 15) is 21.6 Å². The van der Waals surface area contributed by atoms with Crippen LogP contribution >= 0.6 is 11.8 Å². The van der Waals surface area contributed by atoms with Crippen molar-refractivity contribution >= 4 is 21.8 Å². The van der Waals surface area contributed by atoms with Crippen LogP contribution in [-0.2, 0) is 28.5 Å². The van der Waals surface area contributed by atoms with Crippen LogP contribution in [0, 0.1) is 6.92 Å². The van der Waals surface area contributed by atoms with Gasteiger partial charge in [-0.2, -0.15) is 13.2 Å². The molecule has 4 rings (SSSR count). The lowest BCUT2D eigenvalue weighted by molar-refractivity contribution is -0.137. The smallest absolute Gasteiger partial charge is 0.273 e. The van der Waals surface area contributed by atoms with Crippen molar-refractivity contribution in [1.82, 2.24) is 19.5 Å². The number of hydrogen-bond donors (Lipinski definition) is 1. The van der Waals surface area contributed by atoms with E-state index in [-0.39, 0.29) is 6.54 Å². The molecule has 0 fully saturated rings. The Bertz CT molecular complexity index is 1400. The van der Waals surface area contributed by atoms with Gasteiger partial charge in [0.15, 0.2) is 11.0 Å². The first kappa shape index (κ1) is 25.0. The van der Waals surface area contributed by atoms with Crippen LogP contribution in [0.1, 0.15) is 22.5 Å². The first-order chi connectivity index (χ1) is 16.6. The van der Waals surface area contributed by atoms with Crippen molar-refractivity contribution in [3.8, 4) is 5.69 Å². The van der Waals surface area contributed by atoms with E-state index < -0.39 is 26.7 Å². The molecule has 0 bridgehead atoms. The van der Waals surface area contributed by atoms with Gasteiger partial charge in [-0.25, -0.2) is 13.1 Å². The first-order valence-corrected chi connectivity index (χ1v) is 13.0. The molecule has 1 heterocycles. The number of hydrogen-bond acceptors (Lipinski definition) is 5. The van der Waals surface area contributed by atoms with Crippen molar-refractivity contribution in [3.63, 3.8) is 0 Å². The van der Waals surface area contributed by atoms with Crippen LogP contribution in [-0.4, -0.2) is 23.2 Å². The van der Waals surface area contributed by atoms with Crippen molar-refractivity contribution in [2.45, 2.75) is 35.4 Å². The Kier molecular flexibility index (Phi) is 7.29. The second kappa shape index (κ2) is 10.2. The molecule has 0 aliphatic rings. The van der Waals surface area contributed by atoms with Crippen molar-refractivity contribution in [1.29, 1.82) is 0 Å². The van der Waals surface area contributed by atoms with E-state index in [4.69, 9.17) is 0 Å². The van der Waals surface area contributed by atoms with E-state index in [1.165, 1.54) is 11.8 Å². The second-order valence-corrected chi connectivity index (χ2v) is 10.4. The molecule has 1 N–H and O–H groups in total. The molecule has 3 aromatic carbocycles. The van der Waals surface area contributed by atoms with Gasteiger partial charge in [0, 0.05) is 11.4 Å². The summed E-state index contributed by atoms with van der Waals surface area (Å²) in [5, 5.41) is 8.97. The maximum Gasteiger partial charge on any atom is 0.416 e. The molecule has 0 unspecified atom stereocenters. The zero-order chi connectivity index (χ0) is 25.1. The topological polar surface area (TPSA) is 76.9 Å². The minimum Gasteiger partial charge on any atom is -0.273 e. The number of halogens is 3. The molecule has 0 aliphatic carbocycles. The third kappa shape index (κ3) is 6.11. The van der Waals surface area contributed by atoms with E-state index in [1.54, 1.807) is 4.57 Å². The molecular weight excluding hydrogens is 497 g/mol.